The number of carboxylic acids is 1. The van der Waals surface area contributed by atoms with E-state index >= 15 is 24.0 Å². The van der Waals surface area contributed by atoms with E-state index in [2.05, 4.69) is 78.4 Å². The largest absolute Gasteiger partial charge is 0.481 e. The molecule has 13 unspecified atom stereocenters. The summed E-state index contributed by atoms with van der Waals surface area (Å²) in [6, 6.07) is 1.29. The van der Waals surface area contributed by atoms with Gasteiger partial charge in [0.05, 0.1) is 44.6 Å². The summed E-state index contributed by atoms with van der Waals surface area (Å²) in [4.78, 5) is 278. The molecule has 132 heavy (non-hydrogen) atoms. The minimum Gasteiger partial charge on any atom is -0.481 e. The molecule has 45 heteroatoms. The first-order valence-corrected chi connectivity index (χ1v) is 44.6. The maximum Gasteiger partial charge on any atom is 0.305 e. The Morgan fingerprint density at radius 3 is 1.65 bits per heavy atom. The molecule has 0 spiro atoms. The third-order valence-corrected chi connectivity index (χ3v) is 23.8. The van der Waals surface area contributed by atoms with Crippen molar-refractivity contribution in [2.24, 2.45) is 17.2 Å². The molecule has 0 radical (unpaired) electrons. The van der Waals surface area contributed by atoms with Crippen molar-refractivity contribution < 1.29 is 96.5 Å². The number of primary amides is 2. The lowest BCUT2D eigenvalue weighted by Gasteiger charge is -2.36. The average molecular weight is 1850 g/mol. The molecule has 8 rings (SSSR count). The number of aromatic amines is 3. The predicted octanol–water partition coefficient (Wildman–Crippen LogP) is -3.71. The number of fused-ring (bicyclic) bond motifs is 3. The lowest BCUT2D eigenvalue weighted by atomic mass is 10.00. The maximum absolute atomic E-state index is 15.7. The van der Waals surface area contributed by atoms with Crippen LogP contribution in [0, 0.1) is 5.41 Å². The number of aliphatic hydroxyl groups excluding tert-OH is 1. The van der Waals surface area contributed by atoms with Crippen LogP contribution in [-0.4, -0.2) is 318 Å². The number of rotatable bonds is 26. The second-order valence-electron chi connectivity index (χ2n) is 32.6. The van der Waals surface area contributed by atoms with Gasteiger partial charge in [-0.3, -0.25) is 91.7 Å². The summed E-state index contributed by atoms with van der Waals surface area (Å²) in [7, 11) is 4.98. The van der Waals surface area contributed by atoms with Crippen molar-refractivity contribution in [1.82, 2.24) is 103 Å². The Bertz CT molecular complexity index is 5110. The molecule has 2 aliphatic heterocycles. The highest BCUT2D eigenvalue weighted by molar-refractivity contribution is 8.00. The van der Waals surface area contributed by atoms with Crippen LogP contribution in [-0.2, 0) is 112 Å². The number of benzene rings is 3. The van der Waals surface area contributed by atoms with Gasteiger partial charge in [0.1, 0.15) is 78.5 Å². The van der Waals surface area contributed by atoms with E-state index in [4.69, 9.17) is 22.6 Å². The summed E-state index contributed by atoms with van der Waals surface area (Å²) in [5.74, 6) is -19.8. The number of nitrogens with two attached hydrogens (primary N) is 3. The van der Waals surface area contributed by atoms with E-state index in [0.717, 1.165) is 43.3 Å². The number of carbonyl (C=O) groups is 18. The molecule has 2 saturated heterocycles. The van der Waals surface area contributed by atoms with Gasteiger partial charge in [0.15, 0.2) is 5.96 Å². The molecule has 17 amide bonds. The smallest absolute Gasteiger partial charge is 0.305 e. The van der Waals surface area contributed by atoms with E-state index in [0.29, 0.717) is 64.2 Å². The van der Waals surface area contributed by atoms with Gasteiger partial charge >= 0.3 is 5.97 Å². The lowest BCUT2D eigenvalue weighted by molar-refractivity contribution is -0.149. The maximum atomic E-state index is 15.7. The normalized spacial score (nSPS) is 23.4. The summed E-state index contributed by atoms with van der Waals surface area (Å²) in [5, 5.41) is 58.7. The van der Waals surface area contributed by atoms with E-state index in [1.807, 2.05) is 13.8 Å². The number of guanidine groups is 1. The average Bonchev–Trinajstić information content (AvgIpc) is 1.48. The SMILES string of the molecule is CCCCC1C(=O)N(C)C(CCCC)C(=O)NC(CCCNC(=N)N)C(=O)NC(C(=O)NCC(N)=O)CSCC(=O)NC(Cc2ccccc2)C(=O)N(C)C(C)C(=O)NC(CC(N)=O)C(=O)N2CCCC2C(=O)NC(Cc2cnc[nH]2)C(=O)NC(CC(=O)O)C(=O)N(C)CC(=O)NC(Cc2c[nH]c3ccccc23)C(=O)NC(CO)C(=O)NC(Cc2c[nH]c3ccccc23)C(=O)N1C. The molecule has 0 aliphatic carbocycles. The minimum atomic E-state index is -1.99. The topological polar surface area (TPSA) is 658 Å². The molecular weight excluding hydrogens is 1730 g/mol. The van der Waals surface area contributed by atoms with Gasteiger partial charge in [-0.25, -0.2) is 4.98 Å². The standard InChI is InChI=1S/C87H120N24O20S/c1-8-10-28-66-80(125)100-57(27-19-31-93-87(90)91)76(121)106-65(75(120)96-42-70(89)114)45-132-46-72(116)99-60(33-49-21-13-12-14-22-49)83(128)108(5)48(3)74(119)102-62(37-69(88)113)85(130)111-32-20-30-67(111)81(126)101-59(36-52-41-92-47-97-52)78(123)104-63(38-73(117)118)82(127)107(4)43-71(115)98-58(34-50-39-94-55-25-17-15-23-53(50)55)77(122)105-64(44-112)79(124)103-61(35-51-40-95-56-26-18-16-24-54(51)56)84(129)110(7)68(29-11-9-2)86(131)109(66)6/h12-18,21-26,39-41,47-48,57-68,94-95,112H,8-11,19-20,27-38,42-46H2,1-7H3,(H2,88,113)(H2,89,114)(H,92,97)(H,96,120)(H,98,115)(H,99,116)(H,100,125)(H,101,126)(H,102,119)(H,103,124)(H,104,123)(H,105,122)(H,106,121)(H,117,118)(H4,90,91,93). The van der Waals surface area contributed by atoms with E-state index in [1.54, 1.807) is 91.3 Å². The fourth-order valence-electron chi connectivity index (χ4n) is 15.5. The van der Waals surface area contributed by atoms with E-state index < -0.39 is 241 Å². The van der Waals surface area contributed by atoms with Crippen molar-refractivity contribution in [3.05, 3.63) is 126 Å². The van der Waals surface area contributed by atoms with Crippen molar-refractivity contribution in [3.63, 3.8) is 0 Å². The van der Waals surface area contributed by atoms with Crippen molar-refractivity contribution in [3.8, 4) is 0 Å². The van der Waals surface area contributed by atoms with Crippen molar-refractivity contribution >= 4 is 146 Å². The molecule has 0 bridgehead atoms. The van der Waals surface area contributed by atoms with E-state index in [-0.39, 0.29) is 76.6 Å². The number of likely N-dealkylation sites (N-methyl/N-ethyl adjacent to an activating group) is 4. The Labute approximate surface area is 765 Å². The van der Waals surface area contributed by atoms with Gasteiger partial charge in [0, 0.05) is 119 Å². The van der Waals surface area contributed by atoms with Crippen LogP contribution < -0.4 is 75.7 Å². The van der Waals surface area contributed by atoms with Crippen LogP contribution in [0.15, 0.2) is 104 Å². The zero-order valence-corrected chi connectivity index (χ0v) is 75.5. The van der Waals surface area contributed by atoms with Crippen molar-refractivity contribution in [2.45, 2.75) is 202 Å². The van der Waals surface area contributed by atoms with Crippen LogP contribution in [0.2, 0.25) is 0 Å². The Hall–Kier alpha value is -14.0. The zero-order valence-electron chi connectivity index (χ0n) is 74.7. The highest BCUT2D eigenvalue weighted by Crippen LogP contribution is 2.26. The number of H-pyrrole nitrogens is 3. The fraction of sp³-hybridized carbons (Fsp3) is 0.494. The van der Waals surface area contributed by atoms with Crippen LogP contribution in [0.25, 0.3) is 21.8 Å². The number of amides is 17. The fourth-order valence-corrected chi connectivity index (χ4v) is 16.3. The number of thioether (sulfide) groups is 1. The first kappa shape index (κ1) is 103. The van der Waals surface area contributed by atoms with Gasteiger partial charge in [0.2, 0.25) is 100 Å². The summed E-state index contributed by atoms with van der Waals surface area (Å²) in [6.45, 7) is 1.99. The van der Waals surface area contributed by atoms with Gasteiger partial charge in [-0.15, -0.1) is 11.8 Å². The summed E-state index contributed by atoms with van der Waals surface area (Å²) in [5.41, 5.74) is 19.7. The van der Waals surface area contributed by atoms with Gasteiger partial charge in [-0.1, -0.05) is 106 Å². The van der Waals surface area contributed by atoms with Crippen molar-refractivity contribution in [2.75, 3.05) is 72.5 Å². The van der Waals surface area contributed by atoms with Crippen LogP contribution in [0.4, 0.5) is 0 Å². The molecule has 44 nitrogen and oxygen atoms in total. The number of carboxylic acid groups (broad SMARTS) is 1. The van der Waals surface area contributed by atoms with E-state index in [1.165, 1.54) is 40.6 Å². The van der Waals surface area contributed by atoms with E-state index in [9.17, 15) is 72.5 Å². The molecule has 13 atom stereocenters. The number of hydrogen-bond donors (Lipinski definition) is 20. The Balaban J connectivity index is 1.18. The minimum absolute atomic E-state index is 0.0105. The second-order valence-corrected chi connectivity index (χ2v) is 33.7. The second kappa shape index (κ2) is 50.2. The lowest BCUT2D eigenvalue weighted by Crippen LogP contribution is -2.61. The Morgan fingerprint density at radius 1 is 0.523 bits per heavy atom. The highest BCUT2D eigenvalue weighted by atomic mass is 32.2. The van der Waals surface area contributed by atoms with Gasteiger partial charge < -0.3 is 125 Å². The predicted molar refractivity (Wildman–Crippen MR) is 482 cm³/mol. The number of aliphatic hydroxyl groups is 1. The molecule has 23 N–H and O–H groups in total. The highest BCUT2D eigenvalue weighted by Gasteiger charge is 2.44. The Kier molecular flexibility index (Phi) is 39.3. The summed E-state index contributed by atoms with van der Waals surface area (Å²) >= 11 is 0.777. The molecule has 3 aromatic carbocycles. The molecule has 2 fully saturated rings. The number of carbonyl (C=O) groups excluding carboxylic acids is 17. The number of hydrogen-bond acceptors (Lipinski definition) is 22. The monoisotopic (exact) mass is 1850 g/mol. The molecule has 0 saturated carbocycles. The molecular formula is C87H120N24O20S. The first-order chi connectivity index (χ1) is 62.9. The van der Waals surface area contributed by atoms with Crippen LogP contribution >= 0.6 is 11.8 Å². The molecule has 2 aliphatic rings. The first-order valence-electron chi connectivity index (χ1n) is 43.4. The Morgan fingerprint density at radius 2 is 1.05 bits per heavy atom. The van der Waals surface area contributed by atoms with Crippen molar-refractivity contribution in [1.29, 1.82) is 5.41 Å². The molecule has 6 aromatic rings. The summed E-state index contributed by atoms with van der Waals surface area (Å²) in [6.07, 6.45) is 4.06. The van der Waals surface area contributed by atoms with Gasteiger partial charge in [-0.05, 0) is 74.3 Å². The van der Waals surface area contributed by atoms with Crippen LogP contribution in [0.5, 0.6) is 0 Å². The number of imidazole rings is 1. The number of nitrogens with zero attached hydrogens (tertiary/aromatic N) is 6. The third-order valence-electron chi connectivity index (χ3n) is 22.8. The number of nitrogens with one attached hydrogen (secondary N) is 15. The number of aromatic nitrogens is 4. The van der Waals surface area contributed by atoms with Gasteiger partial charge in [-0.2, -0.15) is 0 Å². The zero-order chi connectivity index (χ0) is 96.6. The third kappa shape index (κ3) is 29.8. The molecule has 714 valence electrons. The molecule has 5 heterocycles. The van der Waals surface area contributed by atoms with Crippen LogP contribution in [0.3, 0.4) is 0 Å². The quantitative estimate of drug-likeness (QED) is 0.0141. The summed E-state index contributed by atoms with van der Waals surface area (Å²) < 4.78 is 0. The number of aliphatic carboxylic acids is 1. The van der Waals surface area contributed by atoms with Gasteiger partial charge in [0.25, 0.3) is 0 Å². The molecule has 3 aromatic heterocycles. The number of unbranched alkanes of at least 4 members (excludes halogenated alkanes) is 2. The van der Waals surface area contributed by atoms with Crippen LogP contribution in [0.1, 0.15) is 120 Å². The number of para-hydroxylation sites is 2.